The zero-order chi connectivity index (χ0) is 19.5. The minimum Gasteiger partial charge on any atom is -0.455 e. The summed E-state index contributed by atoms with van der Waals surface area (Å²) < 4.78 is 21.1. The van der Waals surface area contributed by atoms with Crippen molar-refractivity contribution in [3.8, 4) is 0 Å². The zero-order valence-electron chi connectivity index (χ0n) is 15.2. The van der Waals surface area contributed by atoms with Gasteiger partial charge in [-0.25, -0.2) is 4.39 Å². The second kappa shape index (κ2) is 8.16. The molecule has 1 amide bonds. The van der Waals surface area contributed by atoms with E-state index in [1.54, 1.807) is 30.5 Å². The Hall–Kier alpha value is -2.64. The third-order valence-electron chi connectivity index (χ3n) is 4.73. The van der Waals surface area contributed by atoms with Crippen LogP contribution in [0.2, 0.25) is 5.02 Å². The molecule has 0 bridgehead atoms. The Morgan fingerprint density at radius 1 is 1.18 bits per heavy atom. The van der Waals surface area contributed by atoms with Gasteiger partial charge >= 0.3 is 0 Å². The first-order chi connectivity index (χ1) is 13.6. The number of hydrogen-bond donors (Lipinski definition) is 1. The number of aromatic nitrogens is 2. The van der Waals surface area contributed by atoms with E-state index in [4.69, 9.17) is 16.0 Å². The monoisotopic (exact) mass is 402 g/mol. The second-order valence-electron chi connectivity index (χ2n) is 6.80. The van der Waals surface area contributed by atoms with Gasteiger partial charge in [-0.1, -0.05) is 17.7 Å². The molecule has 0 saturated carbocycles. The lowest BCUT2D eigenvalue weighted by atomic mass is 10.2. The van der Waals surface area contributed by atoms with E-state index >= 15 is 0 Å². The van der Waals surface area contributed by atoms with Crippen molar-refractivity contribution in [1.29, 1.82) is 0 Å². The molecule has 4 rings (SSSR count). The molecule has 0 atom stereocenters. The molecular weight excluding hydrogens is 383 g/mol. The van der Waals surface area contributed by atoms with Crippen molar-refractivity contribution in [2.75, 3.05) is 18.4 Å². The van der Waals surface area contributed by atoms with Crippen molar-refractivity contribution in [2.24, 2.45) is 0 Å². The van der Waals surface area contributed by atoms with Gasteiger partial charge in [-0.05, 0) is 50.2 Å². The fourth-order valence-corrected chi connectivity index (χ4v) is 3.51. The lowest BCUT2D eigenvalue weighted by Gasteiger charge is -2.11. The van der Waals surface area contributed by atoms with Crippen LogP contribution in [0.3, 0.4) is 0 Å². The molecule has 1 N–H and O–H groups in total. The first kappa shape index (κ1) is 18.7. The Morgan fingerprint density at radius 3 is 2.79 bits per heavy atom. The first-order valence-corrected chi connectivity index (χ1v) is 9.55. The number of carbonyl (C=O) groups excluding carboxylic acids is 1. The van der Waals surface area contributed by atoms with E-state index in [2.05, 4.69) is 15.3 Å². The minimum atomic E-state index is -0.394. The summed E-state index contributed by atoms with van der Waals surface area (Å²) in [5.41, 5.74) is 0.350. The van der Waals surface area contributed by atoms with Gasteiger partial charge in [-0.15, -0.1) is 0 Å². The molecule has 0 spiro atoms. The van der Waals surface area contributed by atoms with Crippen LogP contribution < -0.4 is 5.32 Å². The molecule has 0 radical (unpaired) electrons. The number of nitrogens with one attached hydrogen (secondary N) is 1. The third kappa shape index (κ3) is 4.26. The van der Waals surface area contributed by atoms with Gasteiger partial charge in [0.1, 0.15) is 11.6 Å². The summed E-state index contributed by atoms with van der Waals surface area (Å²) >= 11 is 6.05. The van der Waals surface area contributed by atoms with Gasteiger partial charge in [0, 0.05) is 22.8 Å². The molecule has 3 aromatic rings. The van der Waals surface area contributed by atoms with Gasteiger partial charge < -0.3 is 9.73 Å². The van der Waals surface area contributed by atoms with E-state index in [0.29, 0.717) is 22.9 Å². The van der Waals surface area contributed by atoms with Crippen LogP contribution in [-0.2, 0) is 13.1 Å². The molecule has 1 saturated heterocycles. The van der Waals surface area contributed by atoms with Gasteiger partial charge in [0.25, 0.3) is 5.91 Å². The fraction of sp³-hybridized carbons (Fsp3) is 0.300. The van der Waals surface area contributed by atoms with Crippen LogP contribution in [0.25, 0.3) is 0 Å². The van der Waals surface area contributed by atoms with Gasteiger partial charge in [0.15, 0.2) is 11.6 Å². The number of nitrogens with zero attached hydrogens (tertiary/aromatic N) is 3. The van der Waals surface area contributed by atoms with E-state index in [9.17, 15) is 9.18 Å². The standard InChI is InChI=1S/C20H20ClFN4O2/c21-16-4-3-5-17(22)15(16)13-26-11-8-19(24-26)23-20(27)18-7-6-14(28-18)12-25-9-1-2-10-25/h3-8,11H,1-2,9-10,12-13H2,(H,23,24,27). The van der Waals surface area contributed by atoms with Crippen molar-refractivity contribution in [1.82, 2.24) is 14.7 Å². The second-order valence-corrected chi connectivity index (χ2v) is 7.21. The molecule has 1 aromatic carbocycles. The number of likely N-dealkylation sites (tertiary alicyclic amines) is 1. The molecule has 0 aliphatic carbocycles. The lowest BCUT2D eigenvalue weighted by molar-refractivity contribution is 0.0993. The predicted molar refractivity (Wildman–Crippen MR) is 104 cm³/mol. The number of halogens is 2. The summed E-state index contributed by atoms with van der Waals surface area (Å²) in [4.78, 5) is 14.7. The van der Waals surface area contributed by atoms with E-state index in [0.717, 1.165) is 18.8 Å². The number of benzene rings is 1. The Labute approximate surface area is 166 Å². The highest BCUT2D eigenvalue weighted by atomic mass is 35.5. The van der Waals surface area contributed by atoms with Crippen LogP contribution in [-0.4, -0.2) is 33.7 Å². The van der Waals surface area contributed by atoms with Crippen LogP contribution in [0.4, 0.5) is 10.2 Å². The molecule has 6 nitrogen and oxygen atoms in total. The van der Waals surface area contributed by atoms with Gasteiger partial charge in [0.05, 0.1) is 13.1 Å². The number of rotatable bonds is 6. The van der Waals surface area contributed by atoms with Crippen molar-refractivity contribution < 1.29 is 13.6 Å². The number of hydrogen-bond acceptors (Lipinski definition) is 4. The van der Waals surface area contributed by atoms with Crippen LogP contribution in [0.15, 0.2) is 47.0 Å². The average molecular weight is 403 g/mol. The third-order valence-corrected chi connectivity index (χ3v) is 5.08. The number of carbonyl (C=O) groups is 1. The Bertz CT molecular complexity index is 958. The van der Waals surface area contributed by atoms with E-state index in [1.165, 1.54) is 23.6 Å². The van der Waals surface area contributed by atoms with Crippen molar-refractivity contribution in [3.05, 3.63) is 70.5 Å². The fourth-order valence-electron chi connectivity index (χ4n) is 3.29. The predicted octanol–water partition coefficient (Wildman–Crippen LogP) is 4.17. The molecule has 0 unspecified atom stereocenters. The minimum absolute atomic E-state index is 0.169. The topological polar surface area (TPSA) is 63.3 Å². The lowest BCUT2D eigenvalue weighted by Crippen LogP contribution is -2.18. The number of anilines is 1. The first-order valence-electron chi connectivity index (χ1n) is 9.17. The Kier molecular flexibility index (Phi) is 5.45. The highest BCUT2D eigenvalue weighted by Crippen LogP contribution is 2.20. The van der Waals surface area contributed by atoms with Gasteiger partial charge in [-0.2, -0.15) is 5.10 Å². The number of amides is 1. The van der Waals surface area contributed by atoms with Crippen LogP contribution in [0.1, 0.15) is 34.7 Å². The van der Waals surface area contributed by atoms with E-state index in [-0.39, 0.29) is 18.2 Å². The van der Waals surface area contributed by atoms with Crippen LogP contribution >= 0.6 is 11.6 Å². The average Bonchev–Trinajstić information content (AvgIpc) is 3.41. The summed E-state index contributed by atoms with van der Waals surface area (Å²) in [5, 5.41) is 7.28. The highest BCUT2D eigenvalue weighted by molar-refractivity contribution is 6.31. The molecule has 1 fully saturated rings. The summed E-state index contributed by atoms with van der Waals surface area (Å²) in [5.74, 6) is 0.596. The summed E-state index contributed by atoms with van der Waals surface area (Å²) in [6.07, 6.45) is 4.06. The molecule has 8 heteroatoms. The highest BCUT2D eigenvalue weighted by Gasteiger charge is 2.17. The number of furan rings is 1. The van der Waals surface area contributed by atoms with Crippen molar-refractivity contribution in [2.45, 2.75) is 25.9 Å². The smallest absolute Gasteiger partial charge is 0.292 e. The van der Waals surface area contributed by atoms with E-state index < -0.39 is 5.82 Å². The van der Waals surface area contributed by atoms with Crippen LogP contribution in [0.5, 0.6) is 0 Å². The van der Waals surface area contributed by atoms with E-state index in [1.807, 2.05) is 6.07 Å². The maximum absolute atomic E-state index is 13.9. The SMILES string of the molecule is O=C(Nc1ccn(Cc2c(F)cccc2Cl)n1)c1ccc(CN2CCCC2)o1. The Balaban J connectivity index is 1.38. The molecule has 1 aliphatic heterocycles. The molecule has 28 heavy (non-hydrogen) atoms. The summed E-state index contributed by atoms with van der Waals surface area (Å²) in [6.45, 7) is 3.00. The largest absolute Gasteiger partial charge is 0.455 e. The molecule has 146 valence electrons. The summed E-state index contributed by atoms with van der Waals surface area (Å²) in [6, 6.07) is 9.66. The normalized spacial score (nSPS) is 14.5. The van der Waals surface area contributed by atoms with Crippen LogP contribution in [0, 0.1) is 5.82 Å². The molecular formula is C20H20ClFN4O2. The van der Waals surface area contributed by atoms with Gasteiger partial charge in [-0.3, -0.25) is 14.4 Å². The van der Waals surface area contributed by atoms with Crippen molar-refractivity contribution >= 4 is 23.3 Å². The zero-order valence-corrected chi connectivity index (χ0v) is 16.0. The molecule has 1 aliphatic rings. The Morgan fingerprint density at radius 2 is 2.00 bits per heavy atom. The van der Waals surface area contributed by atoms with Gasteiger partial charge in [0.2, 0.25) is 0 Å². The maximum atomic E-state index is 13.9. The maximum Gasteiger partial charge on any atom is 0.292 e. The van der Waals surface area contributed by atoms with Crippen molar-refractivity contribution in [3.63, 3.8) is 0 Å². The summed E-state index contributed by atoms with van der Waals surface area (Å²) in [7, 11) is 0. The molecule has 2 aromatic heterocycles. The molecule has 3 heterocycles. The quantitative estimate of drug-likeness (QED) is 0.672.